The van der Waals surface area contributed by atoms with Crippen molar-refractivity contribution in [1.29, 1.82) is 0 Å². The van der Waals surface area contributed by atoms with Crippen molar-refractivity contribution in [2.45, 2.75) is 24.4 Å². The van der Waals surface area contributed by atoms with E-state index in [2.05, 4.69) is 10.6 Å². The van der Waals surface area contributed by atoms with Crippen LogP contribution in [0, 0.1) is 0 Å². The highest BCUT2D eigenvalue weighted by Gasteiger charge is 2.45. The van der Waals surface area contributed by atoms with Gasteiger partial charge in [0.25, 0.3) is 0 Å². The number of nitrogens with one attached hydrogen (secondary N) is 2. The van der Waals surface area contributed by atoms with E-state index >= 15 is 0 Å². The number of primary amides is 1. The van der Waals surface area contributed by atoms with Crippen LogP contribution < -0.4 is 16.4 Å². The summed E-state index contributed by atoms with van der Waals surface area (Å²) in [6.07, 6.45) is 1.95. The molecule has 2 atom stereocenters. The first-order valence-corrected chi connectivity index (χ1v) is 4.01. The maximum absolute atomic E-state index is 11.1. The number of hydrogen-bond acceptors (Lipinski definition) is 3. The van der Waals surface area contributed by atoms with Crippen molar-refractivity contribution in [2.24, 2.45) is 5.73 Å². The first-order valence-electron chi connectivity index (χ1n) is 4.01. The van der Waals surface area contributed by atoms with E-state index in [0.717, 1.165) is 19.4 Å². The van der Waals surface area contributed by atoms with Gasteiger partial charge < -0.3 is 11.1 Å². The van der Waals surface area contributed by atoms with E-state index in [9.17, 15) is 4.79 Å². The lowest BCUT2D eigenvalue weighted by Crippen LogP contribution is -2.64. The van der Waals surface area contributed by atoms with Crippen molar-refractivity contribution in [2.75, 3.05) is 13.1 Å². The minimum absolute atomic E-state index is 0.216. The normalized spacial score (nSPS) is 42.4. The van der Waals surface area contributed by atoms with Gasteiger partial charge in [0.2, 0.25) is 5.91 Å². The molecule has 2 aliphatic rings. The Balaban J connectivity index is 2.19. The Morgan fingerprint density at radius 3 is 3.09 bits per heavy atom. The highest BCUT2D eigenvalue weighted by Crippen LogP contribution is 2.25. The largest absolute Gasteiger partial charge is 0.368 e. The maximum Gasteiger partial charge on any atom is 0.239 e. The summed E-state index contributed by atoms with van der Waals surface area (Å²) in [4.78, 5) is 11.1. The molecule has 1 amide bonds. The van der Waals surface area contributed by atoms with Gasteiger partial charge in [-0.05, 0) is 12.8 Å². The summed E-state index contributed by atoms with van der Waals surface area (Å²) >= 11 is 0. The first-order chi connectivity index (χ1) is 5.23. The van der Waals surface area contributed by atoms with E-state index in [-0.39, 0.29) is 5.91 Å². The molecule has 0 aromatic heterocycles. The van der Waals surface area contributed by atoms with Crippen molar-refractivity contribution in [3.63, 3.8) is 0 Å². The van der Waals surface area contributed by atoms with Crippen molar-refractivity contribution in [3.05, 3.63) is 0 Å². The summed E-state index contributed by atoms with van der Waals surface area (Å²) in [5.74, 6) is -0.216. The molecule has 2 unspecified atom stereocenters. The summed E-state index contributed by atoms with van der Waals surface area (Å²) < 4.78 is 0. The summed E-state index contributed by atoms with van der Waals surface area (Å²) in [7, 11) is 0. The molecule has 2 fully saturated rings. The van der Waals surface area contributed by atoms with Crippen LogP contribution in [-0.2, 0) is 4.79 Å². The van der Waals surface area contributed by atoms with E-state index in [1.54, 1.807) is 0 Å². The van der Waals surface area contributed by atoms with Gasteiger partial charge in [0.1, 0.15) is 5.54 Å². The van der Waals surface area contributed by atoms with Gasteiger partial charge in [0.15, 0.2) is 0 Å². The van der Waals surface area contributed by atoms with Crippen LogP contribution in [0.3, 0.4) is 0 Å². The molecule has 2 rings (SSSR count). The van der Waals surface area contributed by atoms with Crippen LogP contribution in [0.15, 0.2) is 0 Å². The third-order valence-corrected chi connectivity index (χ3v) is 2.69. The number of carbonyl (C=O) groups excluding carboxylic acids is 1. The summed E-state index contributed by atoms with van der Waals surface area (Å²) in [5, 5.41) is 6.47. The maximum atomic E-state index is 11.1. The molecule has 0 aliphatic carbocycles. The minimum Gasteiger partial charge on any atom is -0.368 e. The lowest BCUT2D eigenvalue weighted by Gasteiger charge is -2.31. The standard InChI is InChI=1S/C7H13N3O/c8-6(11)7-2-1-5(10-7)3-9-4-7/h5,9-10H,1-4H2,(H2,8,11). The van der Waals surface area contributed by atoms with E-state index in [1.807, 2.05) is 0 Å². The van der Waals surface area contributed by atoms with E-state index in [4.69, 9.17) is 5.73 Å². The van der Waals surface area contributed by atoms with Gasteiger partial charge in [-0.1, -0.05) is 0 Å². The van der Waals surface area contributed by atoms with Crippen molar-refractivity contribution in [1.82, 2.24) is 10.6 Å². The molecule has 2 heterocycles. The third kappa shape index (κ3) is 0.937. The Labute approximate surface area is 65.5 Å². The Kier molecular flexibility index (Phi) is 1.40. The van der Waals surface area contributed by atoms with E-state index < -0.39 is 5.54 Å². The second-order valence-electron chi connectivity index (χ2n) is 3.46. The number of rotatable bonds is 1. The molecule has 0 radical (unpaired) electrons. The predicted octanol–water partition coefficient (Wildman–Crippen LogP) is -1.43. The van der Waals surface area contributed by atoms with Gasteiger partial charge in [-0.3, -0.25) is 10.1 Å². The van der Waals surface area contributed by atoms with E-state index in [1.165, 1.54) is 0 Å². The van der Waals surface area contributed by atoms with Crippen molar-refractivity contribution in [3.8, 4) is 0 Å². The molecule has 4 nitrogen and oxygen atoms in total. The van der Waals surface area contributed by atoms with Gasteiger partial charge in [0.05, 0.1) is 0 Å². The molecule has 0 saturated carbocycles. The Hall–Kier alpha value is -0.610. The van der Waals surface area contributed by atoms with Gasteiger partial charge in [-0.25, -0.2) is 0 Å². The second-order valence-corrected chi connectivity index (χ2v) is 3.46. The molecule has 11 heavy (non-hydrogen) atoms. The molecule has 0 aromatic carbocycles. The second kappa shape index (κ2) is 2.19. The quantitative estimate of drug-likeness (QED) is 0.434. The minimum atomic E-state index is -0.428. The topological polar surface area (TPSA) is 67.2 Å². The molecular formula is C7H13N3O. The van der Waals surface area contributed by atoms with Gasteiger partial charge in [-0.2, -0.15) is 0 Å². The van der Waals surface area contributed by atoms with Crippen LogP contribution >= 0.6 is 0 Å². The molecule has 2 aliphatic heterocycles. The highest BCUT2D eigenvalue weighted by molar-refractivity contribution is 5.85. The summed E-state index contributed by atoms with van der Waals surface area (Å²) in [6.45, 7) is 1.66. The predicted molar refractivity (Wildman–Crippen MR) is 41.0 cm³/mol. The molecule has 4 N–H and O–H groups in total. The Morgan fingerprint density at radius 2 is 2.45 bits per heavy atom. The zero-order valence-electron chi connectivity index (χ0n) is 6.39. The van der Waals surface area contributed by atoms with E-state index in [0.29, 0.717) is 12.6 Å². The number of hydrogen-bond donors (Lipinski definition) is 3. The average Bonchev–Trinajstić information content (AvgIpc) is 2.29. The first kappa shape index (κ1) is 7.06. The Bertz CT molecular complexity index is 190. The fraction of sp³-hybridized carbons (Fsp3) is 0.857. The fourth-order valence-corrected chi connectivity index (χ4v) is 1.99. The molecule has 2 saturated heterocycles. The molecule has 4 heteroatoms. The van der Waals surface area contributed by atoms with Crippen molar-refractivity contribution < 1.29 is 4.79 Å². The Morgan fingerprint density at radius 1 is 1.64 bits per heavy atom. The lowest BCUT2D eigenvalue weighted by atomic mass is 9.97. The third-order valence-electron chi connectivity index (χ3n) is 2.69. The van der Waals surface area contributed by atoms with Crippen LogP contribution in [0.25, 0.3) is 0 Å². The molecular weight excluding hydrogens is 142 g/mol. The van der Waals surface area contributed by atoms with Crippen molar-refractivity contribution >= 4 is 5.91 Å². The van der Waals surface area contributed by atoms with Crippen LogP contribution in [0.2, 0.25) is 0 Å². The van der Waals surface area contributed by atoms with Gasteiger partial charge in [-0.15, -0.1) is 0 Å². The molecule has 0 spiro atoms. The molecule has 2 bridgehead atoms. The molecule has 0 aromatic rings. The van der Waals surface area contributed by atoms with Crippen LogP contribution in [0.4, 0.5) is 0 Å². The number of carbonyl (C=O) groups is 1. The summed E-state index contributed by atoms with van der Waals surface area (Å²) in [5.41, 5.74) is 4.87. The number of fused-ring (bicyclic) bond motifs is 2. The zero-order chi connectivity index (χ0) is 7.90. The lowest BCUT2D eigenvalue weighted by molar-refractivity contribution is -0.124. The zero-order valence-corrected chi connectivity index (χ0v) is 6.39. The summed E-state index contributed by atoms with van der Waals surface area (Å²) in [6, 6.07) is 0.455. The van der Waals surface area contributed by atoms with Gasteiger partial charge in [0, 0.05) is 19.1 Å². The number of piperazine rings is 1. The highest BCUT2D eigenvalue weighted by atomic mass is 16.1. The van der Waals surface area contributed by atoms with Crippen LogP contribution in [0.1, 0.15) is 12.8 Å². The number of amides is 1. The van der Waals surface area contributed by atoms with Gasteiger partial charge >= 0.3 is 0 Å². The van der Waals surface area contributed by atoms with Crippen LogP contribution in [0.5, 0.6) is 0 Å². The smallest absolute Gasteiger partial charge is 0.239 e. The SMILES string of the molecule is NC(=O)C12CCC(CNC1)N2. The number of nitrogens with two attached hydrogens (primary N) is 1. The molecule has 62 valence electrons. The fourth-order valence-electron chi connectivity index (χ4n) is 1.99. The average molecular weight is 155 g/mol. The monoisotopic (exact) mass is 155 g/mol. The van der Waals surface area contributed by atoms with Crippen LogP contribution in [-0.4, -0.2) is 30.6 Å².